The number of carbonyl (C=O) groups is 1. The van der Waals surface area contributed by atoms with Crippen LogP contribution >= 0.6 is 0 Å². The minimum Gasteiger partial charge on any atom is -0.350 e. The smallest absolute Gasteiger partial charge is 0.271 e. The molecule has 1 aromatic heterocycles. The number of amides is 1. The number of nitrogens with two attached hydrogens (primary N) is 1. The molecule has 1 aliphatic carbocycles. The Hall–Kier alpha value is -1.36. The molecule has 0 spiro atoms. The van der Waals surface area contributed by atoms with Crippen molar-refractivity contribution in [3.05, 3.63) is 18.0 Å². The first-order chi connectivity index (χ1) is 7.15. The van der Waals surface area contributed by atoms with E-state index in [1.807, 2.05) is 0 Å². The first-order valence-corrected chi connectivity index (χ1v) is 5.13. The first-order valence-electron chi connectivity index (χ1n) is 5.13. The van der Waals surface area contributed by atoms with Crippen LogP contribution in [0.2, 0.25) is 0 Å². The molecule has 0 radical (unpaired) electrons. The van der Waals surface area contributed by atoms with E-state index < -0.39 is 0 Å². The zero-order valence-electron chi connectivity index (χ0n) is 8.86. The Morgan fingerprint density at radius 1 is 1.73 bits per heavy atom. The predicted octanol–water partition coefficient (Wildman–Crippen LogP) is -0.111. The van der Waals surface area contributed by atoms with Crippen LogP contribution in [0.4, 0.5) is 0 Å². The van der Waals surface area contributed by atoms with E-state index >= 15 is 0 Å². The van der Waals surface area contributed by atoms with Gasteiger partial charge in [-0.2, -0.15) is 5.10 Å². The molecule has 0 aromatic carbocycles. The van der Waals surface area contributed by atoms with Gasteiger partial charge in [-0.05, 0) is 25.5 Å². The van der Waals surface area contributed by atoms with Crippen molar-refractivity contribution in [2.75, 3.05) is 13.1 Å². The van der Waals surface area contributed by atoms with Crippen LogP contribution in [0.25, 0.3) is 0 Å². The average Bonchev–Trinajstić information content (AvgIpc) is 2.90. The van der Waals surface area contributed by atoms with Gasteiger partial charge in [0, 0.05) is 25.2 Å². The summed E-state index contributed by atoms with van der Waals surface area (Å²) in [4.78, 5) is 11.6. The second-order valence-corrected chi connectivity index (χ2v) is 4.26. The summed E-state index contributed by atoms with van der Waals surface area (Å²) in [5, 5.41) is 6.90. The monoisotopic (exact) mass is 208 g/mol. The molecular weight excluding hydrogens is 192 g/mol. The standard InChI is InChI=1S/C10H16N4O/c1-14-5-2-8(13-14)9(15)12-7-10(6-11)3-4-10/h2,5H,3-4,6-7,11H2,1H3,(H,12,15). The zero-order valence-corrected chi connectivity index (χ0v) is 8.86. The van der Waals surface area contributed by atoms with Gasteiger partial charge < -0.3 is 11.1 Å². The first kappa shape index (κ1) is 10.2. The highest BCUT2D eigenvalue weighted by molar-refractivity contribution is 5.92. The molecule has 0 atom stereocenters. The van der Waals surface area contributed by atoms with E-state index in [1.54, 1.807) is 24.0 Å². The molecule has 2 rings (SSSR count). The fraction of sp³-hybridized carbons (Fsp3) is 0.600. The van der Waals surface area contributed by atoms with Crippen LogP contribution in [0.3, 0.4) is 0 Å². The Morgan fingerprint density at radius 2 is 2.47 bits per heavy atom. The number of hydrogen-bond donors (Lipinski definition) is 2. The molecule has 1 fully saturated rings. The van der Waals surface area contributed by atoms with Crippen LogP contribution < -0.4 is 11.1 Å². The van der Waals surface area contributed by atoms with E-state index in [9.17, 15) is 4.79 Å². The van der Waals surface area contributed by atoms with E-state index in [2.05, 4.69) is 10.4 Å². The molecule has 0 saturated heterocycles. The molecule has 5 nitrogen and oxygen atoms in total. The fourth-order valence-electron chi connectivity index (χ4n) is 1.52. The molecular formula is C10H16N4O. The lowest BCUT2D eigenvalue weighted by Gasteiger charge is -2.12. The highest BCUT2D eigenvalue weighted by atomic mass is 16.1. The van der Waals surface area contributed by atoms with Crippen LogP contribution in [0, 0.1) is 5.41 Å². The van der Waals surface area contributed by atoms with Gasteiger partial charge in [-0.3, -0.25) is 9.48 Å². The van der Waals surface area contributed by atoms with Crippen LogP contribution in [0.5, 0.6) is 0 Å². The van der Waals surface area contributed by atoms with Gasteiger partial charge >= 0.3 is 0 Å². The highest BCUT2D eigenvalue weighted by Crippen LogP contribution is 2.43. The predicted molar refractivity (Wildman–Crippen MR) is 56.3 cm³/mol. The van der Waals surface area contributed by atoms with Crippen molar-refractivity contribution in [1.82, 2.24) is 15.1 Å². The highest BCUT2D eigenvalue weighted by Gasteiger charge is 2.41. The second-order valence-electron chi connectivity index (χ2n) is 4.26. The minimum atomic E-state index is -0.115. The van der Waals surface area contributed by atoms with Gasteiger partial charge in [0.2, 0.25) is 0 Å². The quantitative estimate of drug-likeness (QED) is 0.725. The number of aromatic nitrogens is 2. The van der Waals surface area contributed by atoms with Gasteiger partial charge in [-0.15, -0.1) is 0 Å². The van der Waals surface area contributed by atoms with Crippen LogP contribution in [0.1, 0.15) is 23.3 Å². The van der Waals surface area contributed by atoms with E-state index in [1.165, 1.54) is 0 Å². The van der Waals surface area contributed by atoms with Gasteiger partial charge in [0.05, 0.1) is 0 Å². The van der Waals surface area contributed by atoms with E-state index in [0.717, 1.165) is 12.8 Å². The second kappa shape index (κ2) is 3.66. The van der Waals surface area contributed by atoms with Gasteiger partial charge in [0.25, 0.3) is 5.91 Å². The molecule has 0 unspecified atom stereocenters. The van der Waals surface area contributed by atoms with Crippen LogP contribution in [-0.4, -0.2) is 28.8 Å². The molecule has 1 heterocycles. The molecule has 0 aliphatic heterocycles. The number of nitrogens with one attached hydrogen (secondary N) is 1. The van der Waals surface area contributed by atoms with E-state index in [-0.39, 0.29) is 11.3 Å². The van der Waals surface area contributed by atoms with Crippen molar-refractivity contribution < 1.29 is 4.79 Å². The lowest BCUT2D eigenvalue weighted by molar-refractivity contribution is 0.0939. The van der Waals surface area contributed by atoms with Gasteiger partial charge in [0.1, 0.15) is 5.69 Å². The number of carbonyl (C=O) groups excluding carboxylic acids is 1. The van der Waals surface area contributed by atoms with E-state index in [0.29, 0.717) is 18.8 Å². The van der Waals surface area contributed by atoms with Gasteiger partial charge in [-0.1, -0.05) is 0 Å². The third-order valence-electron chi connectivity index (χ3n) is 2.96. The summed E-state index contributed by atoms with van der Waals surface area (Å²) in [5.74, 6) is -0.115. The summed E-state index contributed by atoms with van der Waals surface area (Å²) in [6, 6.07) is 1.71. The molecule has 82 valence electrons. The molecule has 1 aromatic rings. The van der Waals surface area contributed by atoms with Crippen molar-refractivity contribution in [3.63, 3.8) is 0 Å². The maximum absolute atomic E-state index is 11.6. The fourth-order valence-corrected chi connectivity index (χ4v) is 1.52. The Morgan fingerprint density at radius 3 is 2.93 bits per heavy atom. The number of nitrogens with zero attached hydrogens (tertiary/aromatic N) is 2. The number of aryl methyl sites for hydroxylation is 1. The summed E-state index contributed by atoms with van der Waals surface area (Å²) >= 11 is 0. The van der Waals surface area contributed by atoms with Gasteiger partial charge in [-0.25, -0.2) is 0 Å². The maximum Gasteiger partial charge on any atom is 0.271 e. The average molecular weight is 208 g/mol. The Balaban J connectivity index is 1.88. The molecule has 15 heavy (non-hydrogen) atoms. The van der Waals surface area contributed by atoms with Crippen LogP contribution in [-0.2, 0) is 7.05 Å². The Labute approximate surface area is 88.6 Å². The summed E-state index contributed by atoms with van der Waals surface area (Å²) in [6.07, 6.45) is 3.99. The molecule has 3 N–H and O–H groups in total. The lowest BCUT2D eigenvalue weighted by Crippen LogP contribution is -2.34. The van der Waals surface area contributed by atoms with Crippen LogP contribution in [0.15, 0.2) is 12.3 Å². The topological polar surface area (TPSA) is 72.9 Å². The summed E-state index contributed by atoms with van der Waals surface area (Å²) in [6.45, 7) is 1.31. The molecule has 0 bridgehead atoms. The van der Waals surface area contributed by atoms with Crippen molar-refractivity contribution in [3.8, 4) is 0 Å². The van der Waals surface area contributed by atoms with Crippen molar-refractivity contribution in [2.45, 2.75) is 12.8 Å². The molecule has 1 aliphatic rings. The SMILES string of the molecule is Cn1ccc(C(=O)NCC2(CN)CC2)n1. The summed E-state index contributed by atoms with van der Waals surface area (Å²) in [5.41, 5.74) is 6.26. The van der Waals surface area contributed by atoms with E-state index in [4.69, 9.17) is 5.73 Å². The summed E-state index contributed by atoms with van der Waals surface area (Å²) < 4.78 is 1.62. The largest absolute Gasteiger partial charge is 0.350 e. The lowest BCUT2D eigenvalue weighted by atomic mass is 10.1. The Bertz CT molecular complexity index is 367. The molecule has 5 heteroatoms. The molecule has 1 saturated carbocycles. The summed E-state index contributed by atoms with van der Waals surface area (Å²) in [7, 11) is 1.79. The number of hydrogen-bond acceptors (Lipinski definition) is 3. The Kier molecular flexibility index (Phi) is 2.48. The maximum atomic E-state index is 11.6. The zero-order chi connectivity index (χ0) is 10.9. The van der Waals surface area contributed by atoms with Crippen molar-refractivity contribution in [2.24, 2.45) is 18.2 Å². The minimum absolute atomic E-state index is 0.115. The molecule has 1 amide bonds. The van der Waals surface area contributed by atoms with Crippen molar-refractivity contribution in [1.29, 1.82) is 0 Å². The van der Waals surface area contributed by atoms with Gasteiger partial charge in [0.15, 0.2) is 0 Å². The normalized spacial score (nSPS) is 17.5. The van der Waals surface area contributed by atoms with Crippen molar-refractivity contribution >= 4 is 5.91 Å². The third-order valence-corrected chi connectivity index (χ3v) is 2.96. The number of rotatable bonds is 4. The third kappa shape index (κ3) is 2.18.